The number of anilines is 2. The molecule has 1 aromatic carbocycles. The maximum absolute atomic E-state index is 14.0. The van der Waals surface area contributed by atoms with E-state index in [1.807, 2.05) is 0 Å². The number of nitrogens with one attached hydrogen (secondary N) is 1. The zero-order chi connectivity index (χ0) is 20.5. The molecule has 0 saturated carbocycles. The van der Waals surface area contributed by atoms with E-state index in [-0.39, 0.29) is 38.5 Å². The molecule has 0 aliphatic carbocycles. The van der Waals surface area contributed by atoms with Gasteiger partial charge < -0.3 is 5.73 Å². The van der Waals surface area contributed by atoms with Crippen LogP contribution in [-0.4, -0.2) is 18.4 Å². The first-order chi connectivity index (χ1) is 13.1. The Morgan fingerprint density at radius 1 is 1.04 bits per heavy atom. The first kappa shape index (κ1) is 20.0. The molecule has 0 saturated heterocycles. The summed E-state index contributed by atoms with van der Waals surface area (Å²) in [4.78, 5) is 7.90. The minimum Gasteiger partial charge on any atom is -0.384 e. The van der Waals surface area contributed by atoms with Gasteiger partial charge in [0, 0.05) is 18.1 Å². The predicted molar refractivity (Wildman–Crippen MR) is 104 cm³/mol. The fourth-order valence-electron chi connectivity index (χ4n) is 2.53. The van der Waals surface area contributed by atoms with Crippen molar-refractivity contribution in [2.75, 3.05) is 10.5 Å². The molecule has 0 unspecified atom stereocenters. The molecule has 28 heavy (non-hydrogen) atoms. The van der Waals surface area contributed by atoms with Crippen molar-refractivity contribution in [3.8, 4) is 11.3 Å². The molecule has 3 N–H and O–H groups in total. The van der Waals surface area contributed by atoms with Crippen LogP contribution >= 0.6 is 11.6 Å². The summed E-state index contributed by atoms with van der Waals surface area (Å²) in [6.45, 7) is 0.762. The highest BCUT2D eigenvalue weighted by Crippen LogP contribution is 2.37. The molecule has 0 aliphatic rings. The number of pyridine rings is 2. The SMILES string of the molecule is CC(F)(F)c1ccccc1-c1nc(NS(=O)(=O)c2cccc(N)n2)ccc1Cl. The molecule has 0 spiro atoms. The van der Waals surface area contributed by atoms with Crippen LogP contribution in [-0.2, 0) is 15.9 Å². The lowest BCUT2D eigenvalue weighted by Gasteiger charge is -2.17. The van der Waals surface area contributed by atoms with Crippen molar-refractivity contribution in [1.82, 2.24) is 9.97 Å². The first-order valence-corrected chi connectivity index (χ1v) is 9.83. The van der Waals surface area contributed by atoms with E-state index in [1.54, 1.807) is 6.07 Å². The van der Waals surface area contributed by atoms with Gasteiger partial charge in [0.15, 0.2) is 5.03 Å². The number of nitrogens with zero attached hydrogens (tertiary/aromatic N) is 2. The maximum Gasteiger partial charge on any atom is 0.280 e. The number of nitrogens with two attached hydrogens (primary N) is 1. The van der Waals surface area contributed by atoms with Crippen molar-refractivity contribution in [2.45, 2.75) is 17.9 Å². The lowest BCUT2D eigenvalue weighted by atomic mass is 9.99. The van der Waals surface area contributed by atoms with E-state index in [4.69, 9.17) is 17.3 Å². The summed E-state index contributed by atoms with van der Waals surface area (Å²) in [5.41, 5.74) is 5.37. The van der Waals surface area contributed by atoms with Crippen molar-refractivity contribution in [2.24, 2.45) is 0 Å². The van der Waals surface area contributed by atoms with Gasteiger partial charge in [0.1, 0.15) is 11.6 Å². The maximum atomic E-state index is 14.0. The molecule has 0 bridgehead atoms. The molecule has 0 fully saturated rings. The van der Waals surface area contributed by atoms with Crippen LogP contribution in [0.2, 0.25) is 5.02 Å². The van der Waals surface area contributed by atoms with Crippen LogP contribution in [0.4, 0.5) is 20.4 Å². The van der Waals surface area contributed by atoms with Crippen LogP contribution in [0.5, 0.6) is 0 Å². The quantitative estimate of drug-likeness (QED) is 0.636. The van der Waals surface area contributed by atoms with E-state index < -0.39 is 15.9 Å². The average Bonchev–Trinajstić information content (AvgIpc) is 2.62. The van der Waals surface area contributed by atoms with E-state index in [2.05, 4.69) is 14.7 Å². The number of alkyl halides is 2. The number of hydrogen-bond donors (Lipinski definition) is 2. The molecule has 3 aromatic rings. The smallest absolute Gasteiger partial charge is 0.280 e. The normalized spacial score (nSPS) is 12.0. The Kier molecular flexibility index (Phi) is 5.22. The van der Waals surface area contributed by atoms with Gasteiger partial charge in [-0.2, -0.15) is 8.42 Å². The lowest BCUT2D eigenvalue weighted by molar-refractivity contribution is 0.0181. The highest BCUT2D eigenvalue weighted by molar-refractivity contribution is 7.92. The van der Waals surface area contributed by atoms with E-state index in [9.17, 15) is 17.2 Å². The summed E-state index contributed by atoms with van der Waals surface area (Å²) in [5.74, 6) is -3.20. The van der Waals surface area contributed by atoms with Crippen LogP contribution in [0.3, 0.4) is 0 Å². The van der Waals surface area contributed by atoms with Crippen LogP contribution in [0.1, 0.15) is 12.5 Å². The number of benzene rings is 1. The summed E-state index contributed by atoms with van der Waals surface area (Å²) in [6.07, 6.45) is 0. The molecule has 3 rings (SSSR count). The molecular formula is C18H15ClF2N4O2S. The Morgan fingerprint density at radius 3 is 2.43 bits per heavy atom. The van der Waals surface area contributed by atoms with Crippen molar-refractivity contribution in [3.63, 3.8) is 0 Å². The first-order valence-electron chi connectivity index (χ1n) is 7.97. The van der Waals surface area contributed by atoms with Gasteiger partial charge in [0.2, 0.25) is 0 Å². The molecular weight excluding hydrogens is 410 g/mol. The van der Waals surface area contributed by atoms with Crippen LogP contribution in [0.25, 0.3) is 11.3 Å². The van der Waals surface area contributed by atoms with Gasteiger partial charge >= 0.3 is 0 Å². The number of halogens is 3. The molecule has 2 heterocycles. The highest BCUT2D eigenvalue weighted by Gasteiger charge is 2.29. The average molecular weight is 425 g/mol. The minimum absolute atomic E-state index is 0.0273. The molecule has 0 radical (unpaired) electrons. The summed E-state index contributed by atoms with van der Waals surface area (Å²) in [5, 5.41) is -0.201. The van der Waals surface area contributed by atoms with Crippen LogP contribution in [0.15, 0.2) is 59.6 Å². The Bertz CT molecular complexity index is 1130. The number of rotatable bonds is 5. The molecule has 146 valence electrons. The second-order valence-electron chi connectivity index (χ2n) is 5.97. The number of hydrogen-bond acceptors (Lipinski definition) is 5. The van der Waals surface area contributed by atoms with Crippen molar-refractivity contribution in [1.29, 1.82) is 0 Å². The summed E-state index contributed by atoms with van der Waals surface area (Å²) in [6, 6.07) is 12.6. The molecule has 10 heteroatoms. The van der Waals surface area contributed by atoms with Crippen molar-refractivity contribution in [3.05, 3.63) is 65.2 Å². The largest absolute Gasteiger partial charge is 0.384 e. The van der Waals surface area contributed by atoms with E-state index in [1.165, 1.54) is 48.5 Å². The van der Waals surface area contributed by atoms with Crippen molar-refractivity contribution < 1.29 is 17.2 Å². The van der Waals surface area contributed by atoms with Crippen LogP contribution < -0.4 is 10.5 Å². The topological polar surface area (TPSA) is 98.0 Å². The van der Waals surface area contributed by atoms with Gasteiger partial charge in [0.05, 0.1) is 10.7 Å². The highest BCUT2D eigenvalue weighted by atomic mass is 35.5. The summed E-state index contributed by atoms with van der Waals surface area (Å²) < 4.78 is 55.2. The Hall–Kier alpha value is -2.78. The summed E-state index contributed by atoms with van der Waals surface area (Å²) >= 11 is 6.15. The Morgan fingerprint density at radius 2 is 1.75 bits per heavy atom. The van der Waals surface area contributed by atoms with Crippen LogP contribution in [0, 0.1) is 0 Å². The van der Waals surface area contributed by atoms with E-state index in [0.29, 0.717) is 0 Å². The molecule has 0 amide bonds. The molecule has 2 aromatic heterocycles. The number of sulfonamides is 1. The third kappa shape index (κ3) is 4.20. The molecule has 0 atom stereocenters. The van der Waals surface area contributed by atoms with Gasteiger partial charge in [-0.25, -0.2) is 18.7 Å². The third-order valence-electron chi connectivity index (χ3n) is 3.76. The monoisotopic (exact) mass is 424 g/mol. The fraction of sp³-hybridized carbons (Fsp3) is 0.111. The minimum atomic E-state index is -4.08. The Balaban J connectivity index is 2.04. The Labute approximate surface area is 165 Å². The molecule has 6 nitrogen and oxygen atoms in total. The number of aromatic nitrogens is 2. The van der Waals surface area contributed by atoms with Gasteiger partial charge in [-0.1, -0.05) is 41.9 Å². The second-order valence-corrected chi connectivity index (χ2v) is 8.00. The lowest BCUT2D eigenvalue weighted by Crippen LogP contribution is -2.16. The second kappa shape index (κ2) is 7.33. The third-order valence-corrected chi connectivity index (χ3v) is 5.32. The fourth-order valence-corrected chi connectivity index (χ4v) is 3.71. The van der Waals surface area contributed by atoms with Gasteiger partial charge in [-0.3, -0.25) is 4.72 Å². The van der Waals surface area contributed by atoms with Crippen molar-refractivity contribution >= 4 is 33.3 Å². The van der Waals surface area contributed by atoms with Gasteiger partial charge in [-0.15, -0.1) is 0 Å². The standard InChI is InChI=1S/C18H15ClF2N4O2S/c1-18(20,21)12-6-3-2-5-11(12)17-13(19)9-10-15(24-17)25-28(26,27)16-8-4-7-14(22)23-16/h2-10H,1H3,(H2,22,23)(H,24,25). The van der Waals surface area contributed by atoms with Gasteiger partial charge in [-0.05, 0) is 24.3 Å². The summed E-state index contributed by atoms with van der Waals surface area (Å²) in [7, 11) is -4.08. The van der Waals surface area contributed by atoms with E-state index >= 15 is 0 Å². The molecule has 0 aliphatic heterocycles. The predicted octanol–water partition coefficient (Wildman–Crippen LogP) is 4.29. The van der Waals surface area contributed by atoms with Gasteiger partial charge in [0.25, 0.3) is 15.9 Å². The van der Waals surface area contributed by atoms with E-state index in [0.717, 1.165) is 6.92 Å². The zero-order valence-electron chi connectivity index (χ0n) is 14.5. The zero-order valence-corrected chi connectivity index (χ0v) is 16.1. The number of nitrogen functional groups attached to an aromatic ring is 1.